The summed E-state index contributed by atoms with van der Waals surface area (Å²) in [6.07, 6.45) is 6.32. The maximum absolute atomic E-state index is 11.8. The summed E-state index contributed by atoms with van der Waals surface area (Å²) in [5.41, 5.74) is 0.936. The third-order valence-electron chi connectivity index (χ3n) is 9.54. The van der Waals surface area contributed by atoms with Crippen LogP contribution < -0.4 is 0 Å². The van der Waals surface area contributed by atoms with Gasteiger partial charge in [0.2, 0.25) is 0 Å². The van der Waals surface area contributed by atoms with Crippen molar-refractivity contribution in [1.29, 1.82) is 0 Å². The fourth-order valence-electron chi connectivity index (χ4n) is 6.09. The average Bonchev–Trinajstić information content (AvgIpc) is 3.39. The summed E-state index contributed by atoms with van der Waals surface area (Å²) in [5.74, 6) is -0.128. The molecule has 45 heavy (non-hydrogen) atoms. The highest BCUT2D eigenvalue weighted by molar-refractivity contribution is 5.69. The maximum Gasteiger partial charge on any atom is 0.305 e. The Kier molecular flexibility index (Phi) is 15.5. The molecule has 0 heterocycles. The largest absolute Gasteiger partial charge is 0.466 e. The topological polar surface area (TPSA) is 77.5 Å². The smallest absolute Gasteiger partial charge is 0.305 e. The Morgan fingerprint density at radius 2 is 1.44 bits per heavy atom. The number of carbonyl (C=O) groups excluding carboxylic acids is 1. The van der Waals surface area contributed by atoms with Gasteiger partial charge in [-0.3, -0.25) is 9.69 Å². The summed E-state index contributed by atoms with van der Waals surface area (Å²) >= 11 is 0. The van der Waals surface area contributed by atoms with Crippen molar-refractivity contribution >= 4 is 5.97 Å². The van der Waals surface area contributed by atoms with E-state index in [1.165, 1.54) is 0 Å². The Morgan fingerprint density at radius 1 is 0.844 bits per heavy atom. The van der Waals surface area contributed by atoms with Crippen molar-refractivity contribution in [2.24, 2.45) is 5.41 Å². The summed E-state index contributed by atoms with van der Waals surface area (Å²) < 4.78 is 25.1. The van der Waals surface area contributed by atoms with Crippen LogP contribution in [-0.2, 0) is 37.0 Å². The number of benzene rings is 2. The second-order valence-corrected chi connectivity index (χ2v) is 13.5. The molecule has 1 aliphatic carbocycles. The van der Waals surface area contributed by atoms with Gasteiger partial charge in [-0.25, -0.2) is 0 Å². The number of unbranched alkanes of at least 4 members (excludes halogenated alkanes) is 3. The molecule has 1 aliphatic rings. The molecular formula is C38H59NO6. The predicted octanol–water partition coefficient (Wildman–Crippen LogP) is 7.34. The maximum atomic E-state index is 11.8. The zero-order valence-electron chi connectivity index (χ0n) is 28.7. The van der Waals surface area contributed by atoms with Crippen LogP contribution in [0.3, 0.4) is 0 Å². The van der Waals surface area contributed by atoms with E-state index in [4.69, 9.17) is 18.9 Å². The molecule has 0 radical (unpaired) electrons. The van der Waals surface area contributed by atoms with E-state index in [-0.39, 0.29) is 42.3 Å². The molecule has 0 spiro atoms. The van der Waals surface area contributed by atoms with Gasteiger partial charge in [-0.15, -0.1) is 0 Å². The molecule has 7 heteroatoms. The van der Waals surface area contributed by atoms with E-state index in [9.17, 15) is 9.90 Å². The lowest BCUT2D eigenvalue weighted by Gasteiger charge is -2.42. The summed E-state index contributed by atoms with van der Waals surface area (Å²) in [7, 11) is 2.13. The van der Waals surface area contributed by atoms with Crippen LogP contribution in [-0.4, -0.2) is 72.7 Å². The molecule has 2 aromatic rings. The van der Waals surface area contributed by atoms with Crippen LogP contribution in [0.25, 0.3) is 0 Å². The molecule has 2 aromatic carbocycles. The van der Waals surface area contributed by atoms with Crippen LogP contribution in [0.5, 0.6) is 0 Å². The molecule has 3 rings (SSSR count). The fourth-order valence-corrected chi connectivity index (χ4v) is 6.09. The van der Waals surface area contributed by atoms with Gasteiger partial charge in [0, 0.05) is 12.8 Å². The third kappa shape index (κ3) is 11.8. The van der Waals surface area contributed by atoms with Crippen LogP contribution in [0, 0.1) is 5.41 Å². The number of hydrogen-bond acceptors (Lipinski definition) is 7. The standard InChI is InChI=1S/C38H59NO6/c1-7-9-24-37(3,4)38(5,41)29-45-36-33(44-28-31-21-15-11-16-22-31)26-32(43-27-30-19-13-10-14-20-30)35(36)39(6)25-18-12-17-23-34(40)42-8-2/h10-11,13-16,19-22,32-33,35-36,41H,7-9,12,17-18,23-29H2,1-6H3/t32-,33+,35+,36+,38?/m1/s1. The number of likely N-dealkylation sites (N-methyl/N-ethyl adjacent to an activating group) is 1. The summed E-state index contributed by atoms with van der Waals surface area (Å²) in [6, 6.07) is 20.4. The van der Waals surface area contributed by atoms with Crippen molar-refractivity contribution in [3.8, 4) is 0 Å². The quantitative estimate of drug-likeness (QED) is 0.115. The van der Waals surface area contributed by atoms with E-state index < -0.39 is 5.60 Å². The van der Waals surface area contributed by atoms with Gasteiger partial charge in [0.25, 0.3) is 0 Å². The molecule has 0 aliphatic heterocycles. The molecule has 1 N–H and O–H groups in total. The van der Waals surface area contributed by atoms with Gasteiger partial charge in [-0.1, -0.05) is 101 Å². The van der Waals surface area contributed by atoms with Crippen LogP contribution in [0.2, 0.25) is 0 Å². The molecule has 1 saturated carbocycles. The minimum Gasteiger partial charge on any atom is -0.466 e. The molecule has 252 valence electrons. The molecular weight excluding hydrogens is 566 g/mol. The SMILES string of the molecule is CCCCC(C)(C)C(C)(O)CO[C@@H]1[C@@H](N(C)CCCCCC(=O)OCC)[C@H](OCc2ccccc2)C[C@@H]1OCc1ccccc1. The summed E-state index contributed by atoms with van der Waals surface area (Å²) in [6.45, 7) is 12.7. The monoisotopic (exact) mass is 625 g/mol. The van der Waals surface area contributed by atoms with Gasteiger partial charge in [0.05, 0.1) is 50.3 Å². The summed E-state index contributed by atoms with van der Waals surface area (Å²) in [4.78, 5) is 14.1. The lowest BCUT2D eigenvalue weighted by atomic mass is 9.73. The third-order valence-corrected chi connectivity index (χ3v) is 9.54. The fraction of sp³-hybridized carbons (Fsp3) is 0.658. The normalized spacial score (nSPS) is 21.6. The first-order chi connectivity index (χ1) is 21.6. The van der Waals surface area contributed by atoms with Crippen molar-refractivity contribution in [1.82, 2.24) is 4.90 Å². The van der Waals surface area contributed by atoms with Crippen molar-refractivity contribution < 1.29 is 28.8 Å². The van der Waals surface area contributed by atoms with Crippen LogP contribution in [0.1, 0.15) is 97.1 Å². The van der Waals surface area contributed by atoms with Gasteiger partial charge in [-0.2, -0.15) is 0 Å². The number of rotatable bonds is 21. The lowest BCUT2D eigenvalue weighted by molar-refractivity contribution is -0.158. The number of esters is 1. The Bertz CT molecular complexity index is 1090. The Hall–Kier alpha value is -2.29. The van der Waals surface area contributed by atoms with Crippen LogP contribution in [0.15, 0.2) is 60.7 Å². The van der Waals surface area contributed by atoms with E-state index in [2.05, 4.69) is 57.0 Å². The average molecular weight is 626 g/mol. The van der Waals surface area contributed by atoms with Gasteiger partial charge in [0.15, 0.2) is 0 Å². The first-order valence-electron chi connectivity index (χ1n) is 17.1. The number of carbonyl (C=O) groups is 1. The highest BCUT2D eigenvalue weighted by Gasteiger charge is 2.49. The van der Waals surface area contributed by atoms with Gasteiger partial charge >= 0.3 is 5.97 Å². The van der Waals surface area contributed by atoms with Gasteiger partial charge in [0.1, 0.15) is 6.10 Å². The Morgan fingerprint density at radius 3 is 2.02 bits per heavy atom. The zero-order chi connectivity index (χ0) is 32.7. The Labute approximate surface area is 272 Å². The first kappa shape index (κ1) is 37.2. The highest BCUT2D eigenvalue weighted by Crippen LogP contribution is 2.39. The molecule has 7 nitrogen and oxygen atoms in total. The first-order valence-corrected chi connectivity index (χ1v) is 17.1. The molecule has 0 amide bonds. The minimum atomic E-state index is -1.01. The van der Waals surface area contributed by atoms with E-state index >= 15 is 0 Å². The Balaban J connectivity index is 1.79. The predicted molar refractivity (Wildman–Crippen MR) is 180 cm³/mol. The zero-order valence-corrected chi connectivity index (χ0v) is 28.7. The molecule has 0 aromatic heterocycles. The number of aliphatic hydroxyl groups is 1. The molecule has 0 bridgehead atoms. The van der Waals surface area contributed by atoms with Crippen LogP contribution >= 0.6 is 0 Å². The van der Waals surface area contributed by atoms with Crippen molar-refractivity contribution in [2.75, 3.05) is 26.8 Å². The van der Waals surface area contributed by atoms with E-state index in [0.717, 1.165) is 56.2 Å². The highest BCUT2D eigenvalue weighted by atomic mass is 16.6. The number of ether oxygens (including phenoxy) is 4. The van der Waals surface area contributed by atoms with E-state index in [0.29, 0.717) is 32.7 Å². The van der Waals surface area contributed by atoms with E-state index in [1.807, 2.05) is 50.2 Å². The second-order valence-electron chi connectivity index (χ2n) is 13.5. The summed E-state index contributed by atoms with van der Waals surface area (Å²) in [5, 5.41) is 11.7. The lowest BCUT2D eigenvalue weighted by Crippen LogP contribution is -2.52. The molecule has 1 unspecified atom stereocenters. The van der Waals surface area contributed by atoms with Crippen molar-refractivity contribution in [3.05, 3.63) is 71.8 Å². The van der Waals surface area contributed by atoms with Crippen molar-refractivity contribution in [2.45, 2.75) is 129 Å². The minimum absolute atomic E-state index is 0.0610. The molecule has 1 fully saturated rings. The van der Waals surface area contributed by atoms with Gasteiger partial charge in [-0.05, 0) is 63.2 Å². The van der Waals surface area contributed by atoms with E-state index in [1.54, 1.807) is 0 Å². The molecule has 0 saturated heterocycles. The van der Waals surface area contributed by atoms with Crippen molar-refractivity contribution in [3.63, 3.8) is 0 Å². The number of nitrogens with zero attached hydrogens (tertiary/aromatic N) is 1. The second kappa shape index (κ2) is 18.8. The molecule has 5 atom stereocenters. The van der Waals surface area contributed by atoms with Gasteiger partial charge < -0.3 is 24.1 Å². The number of hydrogen-bond donors (Lipinski definition) is 1. The van der Waals surface area contributed by atoms with Crippen LogP contribution in [0.4, 0.5) is 0 Å².